The number of ether oxygens (including phenoxy) is 2. The highest BCUT2D eigenvalue weighted by Gasteiger charge is 2.47. The molecule has 1 N–H and O–H groups in total. The minimum atomic E-state index is -0.793. The van der Waals surface area contributed by atoms with Gasteiger partial charge in [0, 0.05) is 11.3 Å². The quantitative estimate of drug-likeness (QED) is 0.343. The summed E-state index contributed by atoms with van der Waals surface area (Å²) in [6.45, 7) is 3.82. The monoisotopic (exact) mass is 443 g/mol. The zero-order valence-corrected chi connectivity index (χ0v) is 19.0. The van der Waals surface area contributed by atoms with E-state index in [4.69, 9.17) is 9.47 Å². The largest absolute Gasteiger partial charge is 0.507 e. The van der Waals surface area contributed by atoms with Crippen LogP contribution >= 0.6 is 0 Å². The van der Waals surface area contributed by atoms with Crippen LogP contribution in [0.25, 0.3) is 5.76 Å². The van der Waals surface area contributed by atoms with Crippen LogP contribution in [0.2, 0.25) is 0 Å². The molecular formula is C27H25NO5. The number of rotatable bonds is 5. The summed E-state index contributed by atoms with van der Waals surface area (Å²) >= 11 is 0. The summed E-state index contributed by atoms with van der Waals surface area (Å²) < 4.78 is 10.5. The summed E-state index contributed by atoms with van der Waals surface area (Å²) in [6.07, 6.45) is 0. The number of aryl methyl sites for hydroxylation is 2. The molecule has 0 spiro atoms. The van der Waals surface area contributed by atoms with Crippen LogP contribution in [-0.4, -0.2) is 31.0 Å². The van der Waals surface area contributed by atoms with E-state index < -0.39 is 17.7 Å². The number of Topliss-reactive ketones (excluding diaryl/α,β-unsaturated/α-hetero) is 1. The maximum atomic E-state index is 13.3. The number of hydrogen-bond donors (Lipinski definition) is 1. The van der Waals surface area contributed by atoms with Crippen molar-refractivity contribution in [1.29, 1.82) is 0 Å². The summed E-state index contributed by atoms with van der Waals surface area (Å²) in [5.74, 6) is -0.374. The van der Waals surface area contributed by atoms with E-state index in [2.05, 4.69) is 0 Å². The van der Waals surface area contributed by atoms with E-state index >= 15 is 0 Å². The van der Waals surface area contributed by atoms with Crippen molar-refractivity contribution in [3.8, 4) is 11.5 Å². The molecule has 1 heterocycles. The lowest BCUT2D eigenvalue weighted by Gasteiger charge is -2.27. The second kappa shape index (κ2) is 8.82. The zero-order chi connectivity index (χ0) is 23.7. The smallest absolute Gasteiger partial charge is 0.300 e. The Morgan fingerprint density at radius 3 is 2.00 bits per heavy atom. The Hall–Kier alpha value is -4.06. The molecule has 1 aliphatic rings. The van der Waals surface area contributed by atoms with Gasteiger partial charge in [-0.15, -0.1) is 0 Å². The van der Waals surface area contributed by atoms with E-state index in [-0.39, 0.29) is 11.3 Å². The van der Waals surface area contributed by atoms with Crippen molar-refractivity contribution in [2.75, 3.05) is 19.1 Å². The van der Waals surface area contributed by atoms with Gasteiger partial charge >= 0.3 is 0 Å². The van der Waals surface area contributed by atoms with E-state index in [1.165, 1.54) is 4.90 Å². The first-order chi connectivity index (χ1) is 15.8. The number of aliphatic hydroxyl groups excluding tert-OH is 1. The van der Waals surface area contributed by atoms with Crippen molar-refractivity contribution < 1.29 is 24.2 Å². The van der Waals surface area contributed by atoms with Gasteiger partial charge < -0.3 is 14.6 Å². The molecule has 3 aromatic rings. The van der Waals surface area contributed by atoms with Crippen molar-refractivity contribution in [1.82, 2.24) is 0 Å². The van der Waals surface area contributed by atoms with Gasteiger partial charge in [-0.2, -0.15) is 0 Å². The Kier molecular flexibility index (Phi) is 5.92. The van der Waals surface area contributed by atoms with Gasteiger partial charge in [-0.25, -0.2) is 0 Å². The molecule has 3 aromatic carbocycles. The summed E-state index contributed by atoms with van der Waals surface area (Å²) in [4.78, 5) is 28.1. The maximum absolute atomic E-state index is 13.3. The molecule has 1 amide bonds. The van der Waals surface area contributed by atoms with Crippen LogP contribution < -0.4 is 14.4 Å². The average molecular weight is 443 g/mol. The Bertz CT molecular complexity index is 1240. The molecule has 0 bridgehead atoms. The Morgan fingerprint density at radius 2 is 1.42 bits per heavy atom. The molecule has 33 heavy (non-hydrogen) atoms. The molecule has 1 aliphatic heterocycles. The predicted octanol–water partition coefficient (Wildman–Crippen LogP) is 4.95. The van der Waals surface area contributed by atoms with E-state index in [9.17, 15) is 14.7 Å². The van der Waals surface area contributed by atoms with Crippen molar-refractivity contribution in [2.24, 2.45) is 0 Å². The highest BCUT2D eigenvalue weighted by molar-refractivity contribution is 6.51. The lowest BCUT2D eigenvalue weighted by molar-refractivity contribution is -0.132. The first-order valence-corrected chi connectivity index (χ1v) is 10.5. The van der Waals surface area contributed by atoms with E-state index in [0.29, 0.717) is 28.3 Å². The van der Waals surface area contributed by atoms with Crippen LogP contribution in [0, 0.1) is 13.8 Å². The minimum Gasteiger partial charge on any atom is -0.507 e. The van der Waals surface area contributed by atoms with Gasteiger partial charge in [0.2, 0.25) is 0 Å². The second-order valence-corrected chi connectivity index (χ2v) is 7.96. The number of methoxy groups -OCH3 is 2. The van der Waals surface area contributed by atoms with Gasteiger partial charge in [0.15, 0.2) is 0 Å². The van der Waals surface area contributed by atoms with Gasteiger partial charge in [0.25, 0.3) is 11.7 Å². The molecule has 6 heteroatoms. The molecule has 0 radical (unpaired) electrons. The average Bonchev–Trinajstić information content (AvgIpc) is 3.10. The Morgan fingerprint density at radius 1 is 0.848 bits per heavy atom. The fourth-order valence-electron chi connectivity index (χ4n) is 4.07. The molecule has 0 aromatic heterocycles. The molecule has 168 valence electrons. The molecule has 0 aliphatic carbocycles. The van der Waals surface area contributed by atoms with Gasteiger partial charge in [-0.1, -0.05) is 24.3 Å². The normalized spacial score (nSPS) is 17.3. The molecule has 1 saturated heterocycles. The third-order valence-corrected chi connectivity index (χ3v) is 5.86. The number of amides is 1. The first-order valence-electron chi connectivity index (χ1n) is 10.5. The Labute approximate surface area is 192 Å². The van der Waals surface area contributed by atoms with Crippen LogP contribution in [-0.2, 0) is 9.59 Å². The maximum Gasteiger partial charge on any atom is 0.300 e. The summed E-state index contributed by atoms with van der Waals surface area (Å²) in [7, 11) is 3.12. The molecule has 1 atom stereocenters. The van der Waals surface area contributed by atoms with Crippen LogP contribution in [0.15, 0.2) is 72.3 Å². The van der Waals surface area contributed by atoms with E-state index in [1.807, 2.05) is 32.0 Å². The summed E-state index contributed by atoms with van der Waals surface area (Å²) in [5, 5.41) is 11.2. The molecule has 4 rings (SSSR count). The summed E-state index contributed by atoms with van der Waals surface area (Å²) in [5.41, 5.74) is 3.59. The number of benzene rings is 3. The third kappa shape index (κ3) is 3.96. The molecule has 1 fully saturated rings. The number of anilines is 1. The van der Waals surface area contributed by atoms with Crippen molar-refractivity contribution in [3.63, 3.8) is 0 Å². The fraction of sp³-hybridized carbons (Fsp3) is 0.185. The molecule has 6 nitrogen and oxygen atoms in total. The van der Waals surface area contributed by atoms with E-state index in [1.54, 1.807) is 62.8 Å². The van der Waals surface area contributed by atoms with Crippen LogP contribution in [0.5, 0.6) is 11.5 Å². The predicted molar refractivity (Wildman–Crippen MR) is 127 cm³/mol. The SMILES string of the molecule is COc1ccc(/C(O)=C2\C(=O)C(=O)N(c3cc(C)ccc3C)C2c2ccc(OC)cc2)cc1. The fourth-order valence-corrected chi connectivity index (χ4v) is 4.07. The number of carbonyl (C=O) groups excluding carboxylic acids is 2. The molecular weight excluding hydrogens is 418 g/mol. The second-order valence-electron chi connectivity index (χ2n) is 7.96. The van der Waals surface area contributed by atoms with Gasteiger partial charge in [-0.3, -0.25) is 14.5 Å². The number of ketones is 1. The minimum absolute atomic E-state index is 0.0382. The first kappa shape index (κ1) is 22.1. The number of hydrogen-bond acceptors (Lipinski definition) is 5. The third-order valence-electron chi connectivity index (χ3n) is 5.86. The number of nitrogens with zero attached hydrogens (tertiary/aromatic N) is 1. The molecule has 1 unspecified atom stereocenters. The zero-order valence-electron chi connectivity index (χ0n) is 19.0. The topological polar surface area (TPSA) is 76.1 Å². The highest BCUT2D eigenvalue weighted by atomic mass is 16.5. The van der Waals surface area contributed by atoms with Crippen molar-refractivity contribution >= 4 is 23.1 Å². The van der Waals surface area contributed by atoms with E-state index in [0.717, 1.165) is 11.1 Å². The van der Waals surface area contributed by atoms with Crippen molar-refractivity contribution in [2.45, 2.75) is 19.9 Å². The van der Waals surface area contributed by atoms with Crippen LogP contribution in [0.4, 0.5) is 5.69 Å². The van der Waals surface area contributed by atoms with Crippen molar-refractivity contribution in [3.05, 3.63) is 94.6 Å². The summed E-state index contributed by atoms with van der Waals surface area (Å²) in [6, 6.07) is 18.8. The van der Waals surface area contributed by atoms with Gasteiger partial charge in [0.1, 0.15) is 17.3 Å². The lowest BCUT2D eigenvalue weighted by Crippen LogP contribution is -2.30. The molecule has 0 saturated carbocycles. The standard InChI is InChI=1S/C27H25NO5/c1-16-5-6-17(2)22(15-16)28-24(18-7-11-20(32-3)12-8-18)23(26(30)27(28)31)25(29)19-9-13-21(33-4)14-10-19/h5-15,24,29H,1-4H3/b25-23+. The number of aliphatic hydroxyl groups is 1. The van der Waals surface area contributed by atoms with Gasteiger partial charge in [0.05, 0.1) is 25.8 Å². The Balaban J connectivity index is 1.94. The van der Waals surface area contributed by atoms with Gasteiger partial charge in [-0.05, 0) is 73.0 Å². The van der Waals surface area contributed by atoms with Crippen LogP contribution in [0.3, 0.4) is 0 Å². The number of carbonyl (C=O) groups is 2. The highest BCUT2D eigenvalue weighted by Crippen LogP contribution is 2.43. The van der Waals surface area contributed by atoms with Crippen LogP contribution in [0.1, 0.15) is 28.3 Å². The lowest BCUT2D eigenvalue weighted by atomic mass is 9.94.